The maximum Gasteiger partial charge on any atom is 0.420 e. The number of halogens is 1. The summed E-state index contributed by atoms with van der Waals surface area (Å²) in [5, 5.41) is 0.565. The van der Waals surface area contributed by atoms with Crippen LogP contribution in [0.15, 0.2) is 51.7 Å². The zero-order valence-corrected chi connectivity index (χ0v) is 17.0. The second kappa shape index (κ2) is 8.33. The molecule has 0 unspecified atom stereocenters. The molecule has 1 fully saturated rings. The van der Waals surface area contributed by atoms with E-state index >= 15 is 0 Å². The van der Waals surface area contributed by atoms with Gasteiger partial charge < -0.3 is 14.1 Å². The van der Waals surface area contributed by atoms with E-state index in [1.807, 2.05) is 36.1 Å². The highest BCUT2D eigenvalue weighted by Crippen LogP contribution is 2.27. The number of rotatable bonds is 5. The summed E-state index contributed by atoms with van der Waals surface area (Å²) >= 11 is 6.09. The SMILES string of the molecule is CCOc1ccc(CC(=O)N2CCC(n3c(=O)oc4ccc(Cl)cc43)CC2)cc1. The van der Waals surface area contributed by atoms with E-state index in [0.29, 0.717) is 55.1 Å². The lowest BCUT2D eigenvalue weighted by Gasteiger charge is -2.32. The number of likely N-dealkylation sites (tertiary alicyclic amines) is 1. The van der Waals surface area contributed by atoms with Crippen LogP contribution in [0.5, 0.6) is 5.75 Å². The Morgan fingerprint density at radius 2 is 1.90 bits per heavy atom. The molecule has 1 aliphatic rings. The first-order valence-electron chi connectivity index (χ1n) is 9.85. The Morgan fingerprint density at radius 3 is 2.59 bits per heavy atom. The van der Waals surface area contributed by atoms with Crippen molar-refractivity contribution in [3.05, 3.63) is 63.6 Å². The van der Waals surface area contributed by atoms with E-state index in [1.54, 1.807) is 22.8 Å². The van der Waals surface area contributed by atoms with E-state index in [2.05, 4.69) is 0 Å². The average Bonchev–Trinajstić information content (AvgIpc) is 3.04. The van der Waals surface area contributed by atoms with Crippen molar-refractivity contribution >= 4 is 28.6 Å². The van der Waals surface area contributed by atoms with Crippen LogP contribution >= 0.6 is 11.6 Å². The summed E-state index contributed by atoms with van der Waals surface area (Å²) in [5.41, 5.74) is 2.21. The minimum absolute atomic E-state index is 0.00302. The zero-order valence-electron chi connectivity index (χ0n) is 16.3. The van der Waals surface area contributed by atoms with Crippen molar-refractivity contribution in [2.75, 3.05) is 19.7 Å². The van der Waals surface area contributed by atoms with E-state index in [-0.39, 0.29) is 17.7 Å². The van der Waals surface area contributed by atoms with Crippen molar-refractivity contribution in [3.8, 4) is 5.75 Å². The summed E-state index contributed by atoms with van der Waals surface area (Å²) in [6.07, 6.45) is 1.77. The quantitative estimate of drug-likeness (QED) is 0.631. The van der Waals surface area contributed by atoms with Crippen molar-refractivity contribution in [2.45, 2.75) is 32.2 Å². The Balaban J connectivity index is 1.40. The molecule has 2 aromatic carbocycles. The Bertz CT molecular complexity index is 1060. The first kappa shape index (κ1) is 19.6. The van der Waals surface area contributed by atoms with Gasteiger partial charge in [0.2, 0.25) is 5.91 Å². The van der Waals surface area contributed by atoms with Crippen molar-refractivity contribution < 1.29 is 13.9 Å². The molecule has 0 spiro atoms. The van der Waals surface area contributed by atoms with Crippen molar-refractivity contribution in [3.63, 3.8) is 0 Å². The van der Waals surface area contributed by atoms with Crippen LogP contribution in [0.1, 0.15) is 31.4 Å². The maximum absolute atomic E-state index is 12.7. The number of hydrogen-bond donors (Lipinski definition) is 0. The van der Waals surface area contributed by atoms with Gasteiger partial charge in [0.1, 0.15) is 5.75 Å². The highest BCUT2D eigenvalue weighted by Gasteiger charge is 2.26. The number of nitrogens with zero attached hydrogens (tertiary/aromatic N) is 2. The molecule has 29 heavy (non-hydrogen) atoms. The molecule has 0 aliphatic carbocycles. The molecule has 0 radical (unpaired) electrons. The van der Waals surface area contributed by atoms with E-state index in [1.165, 1.54) is 0 Å². The third-order valence-electron chi connectivity index (χ3n) is 5.35. The second-order valence-corrected chi connectivity index (χ2v) is 7.65. The van der Waals surface area contributed by atoms with Crippen LogP contribution in [0.3, 0.4) is 0 Å². The number of fused-ring (bicyclic) bond motifs is 1. The fourth-order valence-corrected chi connectivity index (χ4v) is 4.05. The number of oxazole rings is 1. The average molecular weight is 415 g/mol. The van der Waals surface area contributed by atoms with Crippen LogP contribution < -0.4 is 10.5 Å². The fourth-order valence-electron chi connectivity index (χ4n) is 3.88. The third kappa shape index (κ3) is 4.17. The molecule has 1 amide bonds. The number of ether oxygens (including phenoxy) is 1. The molecule has 7 heteroatoms. The minimum Gasteiger partial charge on any atom is -0.494 e. The first-order chi connectivity index (χ1) is 14.0. The number of amides is 1. The number of carbonyl (C=O) groups is 1. The fraction of sp³-hybridized carbons (Fsp3) is 0.364. The van der Waals surface area contributed by atoms with Crippen LogP contribution in [0.2, 0.25) is 5.02 Å². The second-order valence-electron chi connectivity index (χ2n) is 7.22. The van der Waals surface area contributed by atoms with Gasteiger partial charge in [-0.1, -0.05) is 23.7 Å². The van der Waals surface area contributed by atoms with Crippen molar-refractivity contribution in [2.24, 2.45) is 0 Å². The van der Waals surface area contributed by atoms with Gasteiger partial charge in [-0.2, -0.15) is 0 Å². The molecule has 4 rings (SSSR count). The molecule has 0 saturated carbocycles. The molecule has 0 atom stereocenters. The van der Waals surface area contributed by atoms with Crippen LogP contribution in [0.4, 0.5) is 0 Å². The van der Waals surface area contributed by atoms with Gasteiger partial charge in [0, 0.05) is 24.2 Å². The molecule has 1 saturated heterocycles. The number of benzene rings is 2. The standard InChI is InChI=1S/C22H23ClN2O4/c1-2-28-18-6-3-15(4-7-18)13-21(26)24-11-9-17(10-12-24)25-19-14-16(23)5-8-20(19)29-22(25)27/h3-8,14,17H,2,9-13H2,1H3. The largest absolute Gasteiger partial charge is 0.494 e. The van der Waals surface area contributed by atoms with E-state index < -0.39 is 0 Å². The van der Waals surface area contributed by atoms with Gasteiger partial charge in [-0.05, 0) is 55.7 Å². The van der Waals surface area contributed by atoms with Gasteiger partial charge >= 0.3 is 5.76 Å². The van der Waals surface area contributed by atoms with Crippen LogP contribution in [-0.2, 0) is 11.2 Å². The molecule has 152 valence electrons. The number of aromatic nitrogens is 1. The van der Waals surface area contributed by atoms with Crippen LogP contribution in [0, 0.1) is 0 Å². The molecule has 0 N–H and O–H groups in total. The van der Waals surface area contributed by atoms with Gasteiger partial charge in [0.25, 0.3) is 0 Å². The highest BCUT2D eigenvalue weighted by atomic mass is 35.5. The molecule has 3 aromatic rings. The van der Waals surface area contributed by atoms with Crippen molar-refractivity contribution in [1.82, 2.24) is 9.47 Å². The highest BCUT2D eigenvalue weighted by molar-refractivity contribution is 6.31. The number of piperidine rings is 1. The Labute approximate surface area is 173 Å². The molecular formula is C22H23ClN2O4. The lowest BCUT2D eigenvalue weighted by molar-refractivity contribution is -0.131. The smallest absolute Gasteiger partial charge is 0.420 e. The Morgan fingerprint density at radius 1 is 1.17 bits per heavy atom. The maximum atomic E-state index is 12.7. The van der Waals surface area contributed by atoms with Gasteiger partial charge in [0.15, 0.2) is 5.58 Å². The molecule has 2 heterocycles. The third-order valence-corrected chi connectivity index (χ3v) is 5.58. The number of hydrogen-bond acceptors (Lipinski definition) is 4. The molecule has 1 aliphatic heterocycles. The van der Waals surface area contributed by atoms with Gasteiger partial charge in [-0.15, -0.1) is 0 Å². The van der Waals surface area contributed by atoms with Gasteiger partial charge in [-0.25, -0.2) is 4.79 Å². The number of carbonyl (C=O) groups excluding carboxylic acids is 1. The Kier molecular flexibility index (Phi) is 5.62. The summed E-state index contributed by atoms with van der Waals surface area (Å²) in [5.74, 6) is 0.531. The van der Waals surface area contributed by atoms with Gasteiger partial charge in [-0.3, -0.25) is 9.36 Å². The lowest BCUT2D eigenvalue weighted by Crippen LogP contribution is -2.41. The van der Waals surface area contributed by atoms with E-state index in [0.717, 1.165) is 11.3 Å². The summed E-state index contributed by atoms with van der Waals surface area (Å²) in [7, 11) is 0. The molecule has 1 aromatic heterocycles. The normalized spacial score (nSPS) is 15.0. The summed E-state index contributed by atoms with van der Waals surface area (Å²) in [6.45, 7) is 3.78. The monoisotopic (exact) mass is 414 g/mol. The van der Waals surface area contributed by atoms with Gasteiger partial charge in [0.05, 0.1) is 18.5 Å². The molecular weight excluding hydrogens is 392 g/mol. The summed E-state index contributed by atoms with van der Waals surface area (Å²) < 4.78 is 12.5. The summed E-state index contributed by atoms with van der Waals surface area (Å²) in [4.78, 5) is 26.9. The summed E-state index contributed by atoms with van der Waals surface area (Å²) in [6, 6.07) is 12.8. The predicted octanol–water partition coefficient (Wildman–Crippen LogP) is 4.05. The minimum atomic E-state index is -0.374. The van der Waals surface area contributed by atoms with Crippen LogP contribution in [-0.4, -0.2) is 35.1 Å². The Hall–Kier alpha value is -2.73. The van der Waals surface area contributed by atoms with E-state index in [4.69, 9.17) is 20.8 Å². The van der Waals surface area contributed by atoms with E-state index in [9.17, 15) is 9.59 Å². The predicted molar refractivity (Wildman–Crippen MR) is 112 cm³/mol. The topological polar surface area (TPSA) is 64.7 Å². The molecule has 6 nitrogen and oxygen atoms in total. The van der Waals surface area contributed by atoms with Crippen molar-refractivity contribution in [1.29, 1.82) is 0 Å². The lowest BCUT2D eigenvalue weighted by atomic mass is 10.0. The first-order valence-corrected chi connectivity index (χ1v) is 10.2. The molecule has 0 bridgehead atoms. The van der Waals surface area contributed by atoms with Crippen LogP contribution in [0.25, 0.3) is 11.1 Å². The zero-order chi connectivity index (χ0) is 20.4.